The summed E-state index contributed by atoms with van der Waals surface area (Å²) >= 11 is 0. The predicted molar refractivity (Wildman–Crippen MR) is 120 cm³/mol. The SMILES string of the molecule is C#Cc1cc(CCCCNC(=O)C(N)CN)cc(CCCCNC(=O)C(N)CN)c1. The van der Waals surface area contributed by atoms with Crippen molar-refractivity contribution in [3.05, 3.63) is 34.9 Å². The highest BCUT2D eigenvalue weighted by Crippen LogP contribution is 2.14. The number of hydrogen-bond acceptors (Lipinski definition) is 6. The molecule has 0 aliphatic carbocycles. The Morgan fingerprint density at radius 3 is 1.63 bits per heavy atom. The highest BCUT2D eigenvalue weighted by Gasteiger charge is 2.10. The molecule has 0 aromatic heterocycles. The highest BCUT2D eigenvalue weighted by molar-refractivity contribution is 5.82. The zero-order valence-corrected chi connectivity index (χ0v) is 17.7. The van der Waals surface area contributed by atoms with Crippen molar-refractivity contribution < 1.29 is 9.59 Å². The first-order chi connectivity index (χ1) is 14.4. The maximum Gasteiger partial charge on any atom is 0.238 e. The number of carbonyl (C=O) groups excluding carboxylic acids is 2. The normalized spacial score (nSPS) is 12.6. The number of carbonyl (C=O) groups is 2. The molecule has 0 bridgehead atoms. The number of nitrogens with one attached hydrogen (secondary N) is 2. The molecule has 10 N–H and O–H groups in total. The van der Waals surface area contributed by atoms with Crippen molar-refractivity contribution in [2.45, 2.75) is 50.6 Å². The fourth-order valence-electron chi connectivity index (χ4n) is 2.94. The molecule has 1 aromatic rings. The van der Waals surface area contributed by atoms with Gasteiger partial charge in [-0.2, -0.15) is 0 Å². The van der Waals surface area contributed by atoms with E-state index in [1.807, 2.05) is 12.1 Å². The summed E-state index contributed by atoms with van der Waals surface area (Å²) in [4.78, 5) is 23.2. The van der Waals surface area contributed by atoms with Gasteiger partial charge in [-0.3, -0.25) is 9.59 Å². The van der Waals surface area contributed by atoms with E-state index in [4.69, 9.17) is 29.4 Å². The first kappa shape index (κ1) is 25.6. The Balaban J connectivity index is 2.39. The summed E-state index contributed by atoms with van der Waals surface area (Å²) in [5, 5.41) is 5.58. The second-order valence-corrected chi connectivity index (χ2v) is 7.36. The monoisotopic (exact) mass is 416 g/mol. The molecule has 0 radical (unpaired) electrons. The summed E-state index contributed by atoms with van der Waals surface area (Å²) in [6, 6.07) is 4.94. The molecule has 2 atom stereocenters. The minimum atomic E-state index is -0.648. The zero-order chi connectivity index (χ0) is 22.4. The molecule has 166 valence electrons. The molecule has 8 heteroatoms. The van der Waals surface area contributed by atoms with Crippen LogP contribution in [-0.4, -0.2) is 50.1 Å². The lowest BCUT2D eigenvalue weighted by Crippen LogP contribution is -2.45. The average Bonchev–Trinajstić information content (AvgIpc) is 2.76. The van der Waals surface area contributed by atoms with Crippen LogP contribution < -0.4 is 33.6 Å². The van der Waals surface area contributed by atoms with Gasteiger partial charge in [0.25, 0.3) is 0 Å². The summed E-state index contributed by atoms with van der Waals surface area (Å²) in [5.74, 6) is 2.29. The van der Waals surface area contributed by atoms with Gasteiger partial charge >= 0.3 is 0 Å². The molecule has 0 heterocycles. The van der Waals surface area contributed by atoms with E-state index in [1.165, 1.54) is 11.1 Å². The fraction of sp³-hybridized carbons (Fsp3) is 0.545. The third kappa shape index (κ3) is 9.85. The van der Waals surface area contributed by atoms with Crippen molar-refractivity contribution in [3.63, 3.8) is 0 Å². The van der Waals surface area contributed by atoms with Gasteiger partial charge in [0, 0.05) is 31.7 Å². The summed E-state index contributed by atoms with van der Waals surface area (Å²) in [7, 11) is 0. The second kappa shape index (κ2) is 14.5. The Bertz CT molecular complexity index is 666. The van der Waals surface area contributed by atoms with Gasteiger partial charge in [0.2, 0.25) is 11.8 Å². The van der Waals surface area contributed by atoms with Gasteiger partial charge in [0.05, 0.1) is 12.1 Å². The van der Waals surface area contributed by atoms with Gasteiger partial charge in [-0.05, 0) is 61.8 Å². The van der Waals surface area contributed by atoms with E-state index in [1.54, 1.807) is 0 Å². The summed E-state index contributed by atoms with van der Waals surface area (Å²) in [6.45, 7) is 1.43. The van der Waals surface area contributed by atoms with Crippen molar-refractivity contribution in [2.75, 3.05) is 26.2 Å². The van der Waals surface area contributed by atoms with Crippen molar-refractivity contribution in [3.8, 4) is 12.3 Å². The standard InChI is InChI=1S/C22H36N6O2/c1-2-16-11-17(7-3-5-9-27-21(29)19(25)14-23)13-18(12-16)8-4-6-10-28-22(30)20(26)15-24/h1,11-13,19-20H,3-10,14-15,23-26H2,(H,27,29)(H,28,30). The molecular formula is C22H36N6O2. The number of amides is 2. The molecule has 0 saturated carbocycles. The number of nitrogens with two attached hydrogens (primary N) is 4. The number of unbranched alkanes of at least 4 members (excludes halogenated alkanes) is 2. The molecule has 0 aliphatic heterocycles. The van der Waals surface area contributed by atoms with Crippen LogP contribution in [0, 0.1) is 12.3 Å². The van der Waals surface area contributed by atoms with Crippen LogP contribution >= 0.6 is 0 Å². The van der Waals surface area contributed by atoms with Gasteiger partial charge < -0.3 is 33.6 Å². The number of terminal acetylenes is 1. The van der Waals surface area contributed by atoms with Gasteiger partial charge in [0.1, 0.15) is 0 Å². The molecular weight excluding hydrogens is 380 g/mol. The van der Waals surface area contributed by atoms with E-state index in [9.17, 15) is 9.59 Å². The lowest BCUT2D eigenvalue weighted by Gasteiger charge is -2.11. The fourth-order valence-corrected chi connectivity index (χ4v) is 2.94. The molecule has 0 fully saturated rings. The van der Waals surface area contributed by atoms with Gasteiger partial charge in [0.15, 0.2) is 0 Å². The predicted octanol–water partition coefficient (Wildman–Crippen LogP) is -0.882. The molecule has 0 aliphatic rings. The van der Waals surface area contributed by atoms with E-state index in [-0.39, 0.29) is 24.9 Å². The van der Waals surface area contributed by atoms with Crippen LogP contribution in [0.25, 0.3) is 0 Å². The summed E-state index contributed by atoms with van der Waals surface area (Å²) in [6.07, 6.45) is 10.9. The van der Waals surface area contributed by atoms with E-state index in [2.05, 4.69) is 22.6 Å². The summed E-state index contributed by atoms with van der Waals surface area (Å²) < 4.78 is 0. The van der Waals surface area contributed by atoms with Crippen LogP contribution in [0.5, 0.6) is 0 Å². The number of benzene rings is 1. The second-order valence-electron chi connectivity index (χ2n) is 7.36. The molecule has 0 saturated heterocycles. The minimum Gasteiger partial charge on any atom is -0.355 e. The van der Waals surface area contributed by atoms with Crippen molar-refractivity contribution in [1.29, 1.82) is 0 Å². The molecule has 2 unspecified atom stereocenters. The number of aryl methyl sites for hydroxylation is 2. The molecule has 1 rings (SSSR count). The largest absolute Gasteiger partial charge is 0.355 e. The van der Waals surface area contributed by atoms with Crippen molar-refractivity contribution in [2.24, 2.45) is 22.9 Å². The van der Waals surface area contributed by atoms with E-state index in [0.717, 1.165) is 44.1 Å². The third-order valence-corrected chi connectivity index (χ3v) is 4.78. The lowest BCUT2D eigenvalue weighted by molar-refractivity contribution is -0.122. The maximum absolute atomic E-state index is 11.6. The molecule has 0 spiro atoms. The van der Waals surface area contributed by atoms with E-state index in [0.29, 0.717) is 13.1 Å². The Morgan fingerprint density at radius 1 is 0.833 bits per heavy atom. The maximum atomic E-state index is 11.6. The van der Waals surface area contributed by atoms with Crippen LogP contribution in [0.2, 0.25) is 0 Å². The number of hydrogen-bond donors (Lipinski definition) is 6. The molecule has 30 heavy (non-hydrogen) atoms. The topological polar surface area (TPSA) is 162 Å². The van der Waals surface area contributed by atoms with Crippen molar-refractivity contribution in [1.82, 2.24) is 10.6 Å². The van der Waals surface area contributed by atoms with Crippen LogP contribution in [0.4, 0.5) is 0 Å². The Kier molecular flexibility index (Phi) is 12.4. The van der Waals surface area contributed by atoms with Gasteiger partial charge in [-0.15, -0.1) is 6.42 Å². The third-order valence-electron chi connectivity index (χ3n) is 4.78. The quantitative estimate of drug-likeness (QED) is 0.170. The Labute approximate surface area is 179 Å². The Hall–Kier alpha value is -2.44. The van der Waals surface area contributed by atoms with Crippen LogP contribution in [0.3, 0.4) is 0 Å². The summed E-state index contributed by atoms with van der Waals surface area (Å²) in [5.41, 5.74) is 25.1. The zero-order valence-electron chi connectivity index (χ0n) is 17.7. The molecule has 2 amide bonds. The van der Waals surface area contributed by atoms with Crippen LogP contribution in [0.15, 0.2) is 18.2 Å². The van der Waals surface area contributed by atoms with E-state index < -0.39 is 12.1 Å². The van der Waals surface area contributed by atoms with Crippen molar-refractivity contribution >= 4 is 11.8 Å². The highest BCUT2D eigenvalue weighted by atomic mass is 16.2. The number of rotatable bonds is 14. The first-order valence-electron chi connectivity index (χ1n) is 10.5. The Morgan fingerprint density at radius 2 is 1.27 bits per heavy atom. The first-order valence-corrected chi connectivity index (χ1v) is 10.5. The molecule has 1 aromatic carbocycles. The van der Waals surface area contributed by atoms with Gasteiger partial charge in [-0.25, -0.2) is 0 Å². The average molecular weight is 417 g/mol. The van der Waals surface area contributed by atoms with Crippen LogP contribution in [0.1, 0.15) is 42.4 Å². The smallest absolute Gasteiger partial charge is 0.238 e. The molecule has 8 nitrogen and oxygen atoms in total. The van der Waals surface area contributed by atoms with Crippen LogP contribution in [-0.2, 0) is 22.4 Å². The minimum absolute atomic E-state index is 0.140. The lowest BCUT2D eigenvalue weighted by atomic mass is 9.98. The van der Waals surface area contributed by atoms with Gasteiger partial charge in [-0.1, -0.05) is 12.0 Å². The van der Waals surface area contributed by atoms with E-state index >= 15 is 0 Å².